The summed E-state index contributed by atoms with van der Waals surface area (Å²) in [6.07, 6.45) is 0.966. The van der Waals surface area contributed by atoms with E-state index < -0.39 is 15.9 Å². The van der Waals surface area contributed by atoms with E-state index in [0.717, 1.165) is 12.0 Å². The number of primary amides is 1. The molecule has 0 aliphatic carbocycles. The molecule has 1 heterocycles. The zero-order valence-electron chi connectivity index (χ0n) is 14.5. The normalized spacial score (nSPS) is 12.8. The van der Waals surface area contributed by atoms with Crippen LogP contribution in [0.3, 0.4) is 0 Å². The van der Waals surface area contributed by atoms with Gasteiger partial charge in [-0.25, -0.2) is 8.42 Å². The molecule has 0 saturated carbocycles. The highest BCUT2D eigenvalue weighted by atomic mass is 32.2. The minimum absolute atomic E-state index is 0.0547. The average Bonchev–Trinajstić information content (AvgIpc) is 2.99. The average molecular weight is 372 g/mol. The molecule has 7 heteroatoms. The molecule has 1 aromatic heterocycles. The van der Waals surface area contributed by atoms with Crippen LogP contribution in [0.2, 0.25) is 0 Å². The minimum Gasteiger partial charge on any atom is -0.449 e. The van der Waals surface area contributed by atoms with Gasteiger partial charge in [0.05, 0.1) is 4.90 Å². The van der Waals surface area contributed by atoms with E-state index in [2.05, 4.69) is 18.6 Å². The van der Waals surface area contributed by atoms with Gasteiger partial charge in [0.1, 0.15) is 11.3 Å². The van der Waals surface area contributed by atoms with Gasteiger partial charge < -0.3 is 10.2 Å². The van der Waals surface area contributed by atoms with Crippen molar-refractivity contribution >= 4 is 32.6 Å². The van der Waals surface area contributed by atoms with Gasteiger partial charge in [-0.2, -0.15) is 0 Å². The molecule has 6 nitrogen and oxygen atoms in total. The first-order valence-corrected chi connectivity index (χ1v) is 9.76. The van der Waals surface area contributed by atoms with Gasteiger partial charge in [0.2, 0.25) is 5.76 Å². The molecule has 1 atom stereocenters. The molecule has 0 aliphatic heterocycles. The van der Waals surface area contributed by atoms with E-state index >= 15 is 0 Å². The fraction of sp³-hybridized carbons (Fsp3) is 0.211. The van der Waals surface area contributed by atoms with Crippen LogP contribution >= 0.6 is 0 Å². The Labute approximate surface area is 152 Å². The summed E-state index contributed by atoms with van der Waals surface area (Å²) in [6.45, 7) is 4.16. The van der Waals surface area contributed by atoms with Gasteiger partial charge in [-0.05, 0) is 42.2 Å². The van der Waals surface area contributed by atoms with E-state index in [-0.39, 0.29) is 16.3 Å². The first kappa shape index (κ1) is 18.0. The van der Waals surface area contributed by atoms with Gasteiger partial charge in [0, 0.05) is 5.39 Å². The van der Waals surface area contributed by atoms with E-state index in [0.29, 0.717) is 16.9 Å². The number of anilines is 1. The Morgan fingerprint density at radius 3 is 2.42 bits per heavy atom. The number of hydrogen-bond donors (Lipinski definition) is 2. The van der Waals surface area contributed by atoms with Crippen LogP contribution in [0.5, 0.6) is 0 Å². The number of fused-ring (bicyclic) bond motifs is 1. The number of nitrogens with one attached hydrogen (secondary N) is 1. The van der Waals surface area contributed by atoms with Gasteiger partial charge in [-0.1, -0.05) is 38.1 Å². The van der Waals surface area contributed by atoms with E-state index in [1.165, 1.54) is 0 Å². The number of sulfonamides is 1. The lowest BCUT2D eigenvalue weighted by Crippen LogP contribution is -2.17. The molecule has 3 rings (SSSR count). The van der Waals surface area contributed by atoms with Gasteiger partial charge in [0.25, 0.3) is 15.9 Å². The molecule has 0 saturated heterocycles. The molecular weight excluding hydrogens is 352 g/mol. The molecular formula is C19H20N2O4S. The maximum absolute atomic E-state index is 12.8. The lowest BCUT2D eigenvalue weighted by Gasteiger charge is -2.11. The molecule has 0 spiro atoms. The van der Waals surface area contributed by atoms with Crippen LogP contribution in [0.25, 0.3) is 11.0 Å². The highest BCUT2D eigenvalue weighted by Crippen LogP contribution is 2.32. The summed E-state index contributed by atoms with van der Waals surface area (Å²) >= 11 is 0. The number of hydrogen-bond acceptors (Lipinski definition) is 4. The van der Waals surface area contributed by atoms with Crippen molar-refractivity contribution in [2.24, 2.45) is 5.73 Å². The minimum atomic E-state index is -3.90. The quantitative estimate of drug-likeness (QED) is 0.686. The van der Waals surface area contributed by atoms with Crippen molar-refractivity contribution in [3.05, 3.63) is 59.9 Å². The van der Waals surface area contributed by atoms with Crippen molar-refractivity contribution in [1.29, 1.82) is 0 Å². The summed E-state index contributed by atoms with van der Waals surface area (Å²) in [4.78, 5) is 11.8. The zero-order valence-corrected chi connectivity index (χ0v) is 15.3. The number of amides is 1. The predicted molar refractivity (Wildman–Crippen MR) is 101 cm³/mol. The Balaban J connectivity index is 2.01. The van der Waals surface area contributed by atoms with Crippen molar-refractivity contribution in [3.63, 3.8) is 0 Å². The van der Waals surface area contributed by atoms with Crippen molar-refractivity contribution in [2.75, 3.05) is 4.72 Å². The van der Waals surface area contributed by atoms with Crippen LogP contribution < -0.4 is 10.5 Å². The van der Waals surface area contributed by atoms with Crippen LogP contribution in [0, 0.1) is 0 Å². The van der Waals surface area contributed by atoms with E-state index in [1.807, 2.05) is 0 Å². The van der Waals surface area contributed by atoms with E-state index in [4.69, 9.17) is 10.2 Å². The molecule has 3 aromatic rings. The van der Waals surface area contributed by atoms with Crippen LogP contribution in [0.4, 0.5) is 5.69 Å². The standard InChI is InChI=1S/C19H20N2O4S/c1-3-12(2)13-8-10-14(11-9-13)26(23,24)21-17-15-6-4-5-7-16(15)25-18(17)19(20)22/h4-12,21H,3H2,1-2H3,(H2,20,22)/t12-/m0/s1. The highest BCUT2D eigenvalue weighted by Gasteiger charge is 2.24. The van der Waals surface area contributed by atoms with Crippen LogP contribution in [-0.2, 0) is 10.0 Å². The Hall–Kier alpha value is -2.80. The van der Waals surface area contributed by atoms with Crippen molar-refractivity contribution in [3.8, 4) is 0 Å². The third kappa shape index (κ3) is 3.30. The molecule has 2 aromatic carbocycles. The second kappa shape index (κ2) is 6.84. The lowest BCUT2D eigenvalue weighted by molar-refractivity contribution is 0.0977. The molecule has 26 heavy (non-hydrogen) atoms. The van der Waals surface area contributed by atoms with Gasteiger partial charge in [-0.15, -0.1) is 0 Å². The Morgan fingerprint density at radius 2 is 1.81 bits per heavy atom. The number of carbonyl (C=O) groups excluding carboxylic acids is 1. The largest absolute Gasteiger partial charge is 0.449 e. The molecule has 0 unspecified atom stereocenters. The fourth-order valence-corrected chi connectivity index (χ4v) is 3.81. The van der Waals surface area contributed by atoms with E-state index in [1.54, 1.807) is 48.5 Å². The number of nitrogens with two attached hydrogens (primary N) is 1. The third-order valence-corrected chi connectivity index (χ3v) is 5.79. The SMILES string of the molecule is CC[C@H](C)c1ccc(S(=O)(=O)Nc2c(C(N)=O)oc3ccccc23)cc1. The van der Waals surface area contributed by atoms with Crippen LogP contribution in [0.1, 0.15) is 42.3 Å². The maximum atomic E-state index is 12.8. The van der Waals surface area contributed by atoms with Gasteiger partial charge in [0.15, 0.2) is 0 Å². The number of para-hydroxylation sites is 1. The molecule has 0 radical (unpaired) electrons. The monoisotopic (exact) mass is 372 g/mol. The third-order valence-electron chi connectivity index (χ3n) is 4.43. The fourth-order valence-electron chi connectivity index (χ4n) is 2.72. The Bertz CT molecular complexity index is 1050. The summed E-state index contributed by atoms with van der Waals surface area (Å²) < 4.78 is 33.4. The maximum Gasteiger partial charge on any atom is 0.286 e. The summed E-state index contributed by atoms with van der Waals surface area (Å²) in [6, 6.07) is 13.4. The van der Waals surface area contributed by atoms with Crippen molar-refractivity contribution < 1.29 is 17.6 Å². The highest BCUT2D eigenvalue weighted by molar-refractivity contribution is 7.92. The summed E-state index contributed by atoms with van der Waals surface area (Å²) in [5.74, 6) is -0.712. The van der Waals surface area contributed by atoms with Gasteiger partial charge in [-0.3, -0.25) is 9.52 Å². The number of benzene rings is 2. The first-order valence-electron chi connectivity index (χ1n) is 8.27. The Morgan fingerprint density at radius 1 is 1.15 bits per heavy atom. The summed E-state index contributed by atoms with van der Waals surface area (Å²) in [7, 11) is -3.90. The van der Waals surface area contributed by atoms with Crippen molar-refractivity contribution in [2.45, 2.75) is 31.1 Å². The molecule has 136 valence electrons. The first-order chi connectivity index (χ1) is 12.3. The topological polar surface area (TPSA) is 102 Å². The summed E-state index contributed by atoms with van der Waals surface area (Å²) in [5, 5.41) is 0.473. The van der Waals surface area contributed by atoms with E-state index in [9.17, 15) is 13.2 Å². The second-order valence-electron chi connectivity index (χ2n) is 6.15. The zero-order chi connectivity index (χ0) is 18.9. The number of carbonyl (C=O) groups is 1. The van der Waals surface area contributed by atoms with Crippen molar-refractivity contribution in [1.82, 2.24) is 0 Å². The smallest absolute Gasteiger partial charge is 0.286 e. The van der Waals surface area contributed by atoms with Gasteiger partial charge >= 0.3 is 0 Å². The molecule has 0 aliphatic rings. The molecule has 1 amide bonds. The second-order valence-corrected chi connectivity index (χ2v) is 7.83. The summed E-state index contributed by atoms with van der Waals surface area (Å²) in [5.41, 5.74) is 6.84. The Kier molecular flexibility index (Phi) is 4.73. The predicted octanol–water partition coefficient (Wildman–Crippen LogP) is 3.85. The molecule has 0 fully saturated rings. The molecule has 3 N–H and O–H groups in total. The van der Waals surface area contributed by atoms with Crippen LogP contribution in [-0.4, -0.2) is 14.3 Å². The number of furan rings is 1. The lowest BCUT2D eigenvalue weighted by atomic mass is 9.99. The van der Waals surface area contributed by atoms with Crippen LogP contribution in [0.15, 0.2) is 57.8 Å². The molecule has 0 bridgehead atoms. The number of rotatable bonds is 6.